The van der Waals surface area contributed by atoms with Gasteiger partial charge in [0.05, 0.1) is 23.1 Å². The molecule has 1 amide bonds. The highest BCUT2D eigenvalue weighted by Gasteiger charge is 2.14. The van der Waals surface area contributed by atoms with E-state index in [-0.39, 0.29) is 12.0 Å². The molecule has 156 valence electrons. The van der Waals surface area contributed by atoms with E-state index in [1.165, 1.54) is 0 Å². The summed E-state index contributed by atoms with van der Waals surface area (Å²) in [4.78, 5) is 17.3. The molecule has 0 radical (unpaired) electrons. The third-order valence-corrected chi connectivity index (χ3v) is 4.73. The molecule has 0 aliphatic heterocycles. The van der Waals surface area contributed by atoms with E-state index in [2.05, 4.69) is 17.2 Å². The van der Waals surface area contributed by atoms with Crippen molar-refractivity contribution in [3.8, 4) is 11.5 Å². The molecule has 0 saturated carbocycles. The van der Waals surface area contributed by atoms with E-state index in [0.29, 0.717) is 40.1 Å². The molecule has 1 unspecified atom stereocenters. The maximum Gasteiger partial charge on any atom is 0.257 e. The molecule has 3 rings (SSSR count). The molecule has 2 aromatic carbocycles. The van der Waals surface area contributed by atoms with Crippen LogP contribution in [-0.4, -0.2) is 17.5 Å². The summed E-state index contributed by atoms with van der Waals surface area (Å²) in [6.07, 6.45) is 0.840. The molecule has 6 heteroatoms. The smallest absolute Gasteiger partial charge is 0.257 e. The summed E-state index contributed by atoms with van der Waals surface area (Å²) in [6, 6.07) is 17.9. The van der Waals surface area contributed by atoms with Gasteiger partial charge in [0.1, 0.15) is 11.5 Å². The first-order chi connectivity index (χ1) is 14.5. The van der Waals surface area contributed by atoms with E-state index in [0.717, 1.165) is 12.1 Å². The van der Waals surface area contributed by atoms with Crippen LogP contribution in [0.5, 0.6) is 11.5 Å². The minimum Gasteiger partial charge on any atom is -0.457 e. The number of benzene rings is 2. The van der Waals surface area contributed by atoms with Crippen molar-refractivity contribution in [2.24, 2.45) is 0 Å². The second-order valence-electron chi connectivity index (χ2n) is 6.92. The van der Waals surface area contributed by atoms with Gasteiger partial charge >= 0.3 is 0 Å². The summed E-state index contributed by atoms with van der Waals surface area (Å²) < 4.78 is 11.5. The number of aromatic nitrogens is 1. The zero-order valence-corrected chi connectivity index (χ0v) is 18.1. The van der Waals surface area contributed by atoms with Crippen LogP contribution in [0.4, 0.5) is 5.69 Å². The quantitative estimate of drug-likeness (QED) is 0.444. The van der Waals surface area contributed by atoms with Crippen molar-refractivity contribution < 1.29 is 14.3 Å². The highest BCUT2D eigenvalue weighted by atomic mass is 35.5. The Balaban J connectivity index is 1.69. The van der Waals surface area contributed by atoms with Crippen molar-refractivity contribution in [2.45, 2.75) is 33.3 Å². The molecule has 0 aliphatic rings. The molecule has 30 heavy (non-hydrogen) atoms. The van der Waals surface area contributed by atoms with Crippen molar-refractivity contribution >= 4 is 23.2 Å². The van der Waals surface area contributed by atoms with Gasteiger partial charge in [0, 0.05) is 23.4 Å². The summed E-state index contributed by atoms with van der Waals surface area (Å²) >= 11 is 5.90. The maximum absolute atomic E-state index is 12.8. The van der Waals surface area contributed by atoms with Crippen molar-refractivity contribution in [3.05, 3.63) is 82.6 Å². The van der Waals surface area contributed by atoms with E-state index in [1.807, 2.05) is 38.1 Å². The van der Waals surface area contributed by atoms with Gasteiger partial charge in [-0.15, -0.1) is 0 Å². The fourth-order valence-electron chi connectivity index (χ4n) is 2.90. The molecule has 1 heterocycles. The van der Waals surface area contributed by atoms with Gasteiger partial charge in [-0.05, 0) is 68.8 Å². The van der Waals surface area contributed by atoms with Gasteiger partial charge in [-0.1, -0.05) is 24.6 Å². The number of hydrogen-bond donors (Lipinski definition) is 1. The summed E-state index contributed by atoms with van der Waals surface area (Å²) in [7, 11) is 0. The molecular weight excluding hydrogens is 400 g/mol. The zero-order valence-electron chi connectivity index (χ0n) is 17.3. The third kappa shape index (κ3) is 5.81. The molecule has 0 bridgehead atoms. The molecule has 1 aromatic heterocycles. The van der Waals surface area contributed by atoms with Gasteiger partial charge in [0.25, 0.3) is 5.91 Å². The number of carbonyl (C=O) groups is 1. The summed E-state index contributed by atoms with van der Waals surface area (Å²) in [6.45, 7) is 6.53. The highest BCUT2D eigenvalue weighted by Crippen LogP contribution is 2.26. The number of anilines is 1. The number of nitrogens with zero attached hydrogens (tertiary/aromatic N) is 1. The number of pyridine rings is 1. The Kier molecular flexibility index (Phi) is 7.44. The molecule has 1 atom stereocenters. The molecule has 0 saturated heterocycles. The van der Waals surface area contributed by atoms with Crippen LogP contribution in [-0.2, 0) is 4.74 Å². The number of carbonyl (C=O) groups excluding carboxylic acids is 1. The second kappa shape index (κ2) is 10.2. The number of aryl methyl sites for hydroxylation is 1. The molecule has 0 fully saturated rings. The number of rotatable bonds is 8. The first-order valence-electron chi connectivity index (χ1n) is 9.90. The largest absolute Gasteiger partial charge is 0.457 e. The lowest BCUT2D eigenvalue weighted by atomic mass is 10.1. The Hall–Kier alpha value is -2.89. The van der Waals surface area contributed by atoms with E-state index in [9.17, 15) is 4.79 Å². The fourth-order valence-corrected chi connectivity index (χ4v) is 3.03. The number of ether oxygens (including phenoxy) is 2. The molecule has 5 nitrogen and oxygen atoms in total. The van der Waals surface area contributed by atoms with Crippen LogP contribution >= 0.6 is 11.6 Å². The molecule has 1 N–H and O–H groups in total. The van der Waals surface area contributed by atoms with Crippen molar-refractivity contribution in [1.29, 1.82) is 0 Å². The Morgan fingerprint density at radius 2 is 1.87 bits per heavy atom. The number of hydrogen-bond acceptors (Lipinski definition) is 4. The Labute approximate surface area is 182 Å². The predicted octanol–water partition coefficient (Wildman–Crippen LogP) is 6.58. The van der Waals surface area contributed by atoms with Crippen LogP contribution in [0.1, 0.15) is 48.1 Å². The Bertz CT molecular complexity index is 1010. The number of nitrogens with one attached hydrogen (secondary N) is 1. The van der Waals surface area contributed by atoms with E-state index in [1.54, 1.807) is 36.4 Å². The van der Waals surface area contributed by atoms with Crippen LogP contribution in [0, 0.1) is 6.92 Å². The van der Waals surface area contributed by atoms with E-state index < -0.39 is 0 Å². The van der Waals surface area contributed by atoms with Crippen LogP contribution in [0.2, 0.25) is 5.02 Å². The minimum absolute atomic E-state index is 0.109. The van der Waals surface area contributed by atoms with Gasteiger partial charge in [-0.2, -0.15) is 0 Å². The average molecular weight is 425 g/mol. The van der Waals surface area contributed by atoms with E-state index in [4.69, 9.17) is 21.1 Å². The minimum atomic E-state index is -0.225. The summed E-state index contributed by atoms with van der Waals surface area (Å²) in [5, 5.41) is 3.55. The molecular formula is C24H25ClN2O3. The van der Waals surface area contributed by atoms with Crippen molar-refractivity contribution in [1.82, 2.24) is 4.98 Å². The van der Waals surface area contributed by atoms with Gasteiger partial charge in [0.2, 0.25) is 0 Å². The first-order valence-corrected chi connectivity index (χ1v) is 10.3. The monoisotopic (exact) mass is 424 g/mol. The van der Waals surface area contributed by atoms with Crippen molar-refractivity contribution in [3.63, 3.8) is 0 Å². The van der Waals surface area contributed by atoms with Crippen LogP contribution < -0.4 is 10.1 Å². The predicted molar refractivity (Wildman–Crippen MR) is 120 cm³/mol. The topological polar surface area (TPSA) is 60.5 Å². The number of amides is 1. The highest BCUT2D eigenvalue weighted by molar-refractivity contribution is 6.30. The fraction of sp³-hybridized carbons (Fsp3) is 0.250. The normalized spacial score (nSPS) is 11.7. The molecule has 0 aliphatic carbocycles. The van der Waals surface area contributed by atoms with Gasteiger partial charge < -0.3 is 14.8 Å². The summed E-state index contributed by atoms with van der Waals surface area (Å²) in [5.74, 6) is 1.05. The van der Waals surface area contributed by atoms with Crippen LogP contribution in [0.15, 0.2) is 60.7 Å². The van der Waals surface area contributed by atoms with Crippen LogP contribution in [0.3, 0.4) is 0 Å². The van der Waals surface area contributed by atoms with Crippen molar-refractivity contribution in [2.75, 3.05) is 11.9 Å². The standard InChI is InChI=1S/C24H25ClN2O3/c1-4-14-29-17(3)23-13-12-22(16(2)26-23)24(28)27-19-6-5-7-21(15-19)30-20-10-8-18(25)9-11-20/h5-13,15,17H,4,14H2,1-3H3,(H,27,28). The zero-order chi connectivity index (χ0) is 21.5. The van der Waals surface area contributed by atoms with Gasteiger partial charge in [0.15, 0.2) is 0 Å². The average Bonchev–Trinajstić information content (AvgIpc) is 2.73. The molecule has 0 spiro atoms. The van der Waals surface area contributed by atoms with Gasteiger partial charge in [-0.3, -0.25) is 9.78 Å². The first kappa shape index (κ1) is 21.8. The lowest BCUT2D eigenvalue weighted by Gasteiger charge is -2.14. The Morgan fingerprint density at radius 3 is 2.57 bits per heavy atom. The number of halogens is 1. The molecule has 3 aromatic rings. The Morgan fingerprint density at radius 1 is 1.10 bits per heavy atom. The lowest BCUT2D eigenvalue weighted by molar-refractivity contribution is 0.0632. The van der Waals surface area contributed by atoms with Gasteiger partial charge in [-0.25, -0.2) is 0 Å². The summed E-state index contributed by atoms with van der Waals surface area (Å²) in [5.41, 5.74) is 2.63. The van der Waals surface area contributed by atoms with E-state index >= 15 is 0 Å². The SMILES string of the molecule is CCCOC(C)c1ccc(C(=O)Nc2cccc(Oc3ccc(Cl)cc3)c2)c(C)n1. The third-order valence-electron chi connectivity index (χ3n) is 4.48. The second-order valence-corrected chi connectivity index (χ2v) is 7.36. The van der Waals surface area contributed by atoms with Crippen LogP contribution in [0.25, 0.3) is 0 Å². The lowest BCUT2D eigenvalue weighted by Crippen LogP contribution is -2.15. The maximum atomic E-state index is 12.8.